The average molecular weight is 452 g/mol. The third-order valence-corrected chi connectivity index (χ3v) is 5.83. The summed E-state index contributed by atoms with van der Waals surface area (Å²) in [5.41, 5.74) is 3.76. The van der Waals surface area contributed by atoms with Gasteiger partial charge in [0.25, 0.3) is 5.91 Å². The summed E-state index contributed by atoms with van der Waals surface area (Å²) in [4.78, 5) is 18.8. The van der Waals surface area contributed by atoms with Crippen LogP contribution >= 0.6 is 0 Å². The maximum absolute atomic E-state index is 14.3. The first-order chi connectivity index (χ1) is 16.0. The minimum atomic E-state index is -0.320. The number of hydrogen-bond donors (Lipinski definition) is 2. The molecule has 3 aromatic rings. The summed E-state index contributed by atoms with van der Waals surface area (Å²) in [6.07, 6.45) is 5.60. The summed E-state index contributed by atoms with van der Waals surface area (Å²) in [7, 11) is 0. The van der Waals surface area contributed by atoms with Crippen LogP contribution in [0.15, 0.2) is 36.7 Å². The van der Waals surface area contributed by atoms with Gasteiger partial charge in [-0.05, 0) is 49.9 Å². The molecular formula is C23H26FN7O2. The molecule has 2 fully saturated rings. The zero-order chi connectivity index (χ0) is 22.8. The first-order valence-electron chi connectivity index (χ1n) is 11.1. The van der Waals surface area contributed by atoms with Crippen LogP contribution in [0.4, 0.5) is 21.5 Å². The number of nitrogens with zero attached hydrogens (tertiary/aromatic N) is 5. The maximum Gasteiger partial charge on any atom is 0.273 e. The molecule has 2 aliphatic rings. The molecule has 1 saturated carbocycles. The van der Waals surface area contributed by atoms with Gasteiger partial charge in [0.2, 0.25) is 0 Å². The summed E-state index contributed by atoms with van der Waals surface area (Å²) >= 11 is 0. The number of ether oxygens (including phenoxy) is 1. The molecule has 1 amide bonds. The Kier molecular flexibility index (Phi) is 5.91. The van der Waals surface area contributed by atoms with Gasteiger partial charge in [0, 0.05) is 31.0 Å². The highest BCUT2D eigenvalue weighted by molar-refractivity contribution is 5.91. The lowest BCUT2D eigenvalue weighted by atomic mass is 10.2. The molecule has 9 nitrogen and oxygen atoms in total. The van der Waals surface area contributed by atoms with Gasteiger partial charge >= 0.3 is 0 Å². The highest BCUT2D eigenvalue weighted by Gasteiger charge is 2.23. The van der Waals surface area contributed by atoms with E-state index in [0.717, 1.165) is 37.3 Å². The number of carbonyl (C=O) groups excluding carboxylic acids is 1. The Morgan fingerprint density at radius 3 is 2.79 bits per heavy atom. The van der Waals surface area contributed by atoms with Gasteiger partial charge in [-0.25, -0.2) is 9.07 Å². The number of amides is 1. The molecule has 33 heavy (non-hydrogen) atoms. The Morgan fingerprint density at radius 2 is 2.00 bits per heavy atom. The Morgan fingerprint density at radius 1 is 1.18 bits per heavy atom. The molecule has 0 spiro atoms. The molecule has 1 saturated heterocycles. The van der Waals surface area contributed by atoms with Crippen molar-refractivity contribution < 1.29 is 13.9 Å². The van der Waals surface area contributed by atoms with E-state index >= 15 is 0 Å². The van der Waals surface area contributed by atoms with Crippen LogP contribution in [0.5, 0.6) is 0 Å². The predicted molar refractivity (Wildman–Crippen MR) is 122 cm³/mol. The number of aryl methyl sites for hydroxylation is 1. The minimum Gasteiger partial charge on any atom is -0.378 e. The summed E-state index contributed by atoms with van der Waals surface area (Å²) in [6, 6.07) is 6.73. The predicted octanol–water partition coefficient (Wildman–Crippen LogP) is 2.83. The Balaban J connectivity index is 1.34. The van der Waals surface area contributed by atoms with E-state index in [9.17, 15) is 9.18 Å². The van der Waals surface area contributed by atoms with Crippen LogP contribution < -0.4 is 15.5 Å². The van der Waals surface area contributed by atoms with Crippen molar-refractivity contribution in [2.45, 2.75) is 19.8 Å². The number of benzene rings is 1. The lowest BCUT2D eigenvalue weighted by Gasteiger charge is -2.29. The van der Waals surface area contributed by atoms with Crippen LogP contribution in [0.25, 0.3) is 5.69 Å². The summed E-state index contributed by atoms with van der Waals surface area (Å²) in [6.45, 7) is 5.23. The van der Waals surface area contributed by atoms with E-state index in [-0.39, 0.29) is 17.4 Å². The zero-order valence-electron chi connectivity index (χ0n) is 18.4. The quantitative estimate of drug-likeness (QED) is 0.570. The normalized spacial score (nSPS) is 16.0. The summed E-state index contributed by atoms with van der Waals surface area (Å²) in [5, 5.41) is 14.2. The van der Waals surface area contributed by atoms with Gasteiger partial charge in [-0.3, -0.25) is 9.78 Å². The number of pyridine rings is 1. The number of hydrogen-bond acceptors (Lipinski definition) is 7. The van der Waals surface area contributed by atoms with Crippen LogP contribution in [0.1, 0.15) is 29.0 Å². The van der Waals surface area contributed by atoms with Crippen molar-refractivity contribution in [3.05, 3.63) is 53.9 Å². The second-order valence-electron chi connectivity index (χ2n) is 8.45. The van der Waals surface area contributed by atoms with Gasteiger partial charge in [-0.1, -0.05) is 5.21 Å². The van der Waals surface area contributed by atoms with Gasteiger partial charge in [0.15, 0.2) is 5.69 Å². The first-order valence-corrected chi connectivity index (χ1v) is 11.1. The number of halogens is 1. The molecule has 172 valence electrons. The standard InChI is InChI=1S/C23H26FN7O2/c1-15-22(31-14-21(28-29-31)23(32)26-12-16-2-3-16)11-19(13-25-15)27-18-8-17(24)9-20(10-18)30-4-6-33-7-5-30/h8-11,13-14,16,27H,2-7,12H2,1H3,(H,26,32). The molecule has 10 heteroatoms. The average Bonchev–Trinajstić information content (AvgIpc) is 3.52. The fraction of sp³-hybridized carbons (Fsp3) is 0.391. The van der Waals surface area contributed by atoms with Gasteiger partial charge < -0.3 is 20.3 Å². The summed E-state index contributed by atoms with van der Waals surface area (Å²) in [5.74, 6) is 0.0353. The number of rotatable bonds is 7. The number of morpholine rings is 1. The van der Waals surface area contributed by atoms with Crippen LogP contribution in [0.2, 0.25) is 0 Å². The van der Waals surface area contributed by atoms with Crippen molar-refractivity contribution in [1.82, 2.24) is 25.3 Å². The lowest BCUT2D eigenvalue weighted by Crippen LogP contribution is -2.36. The van der Waals surface area contributed by atoms with Crippen molar-refractivity contribution >= 4 is 23.0 Å². The molecule has 0 radical (unpaired) electrons. The van der Waals surface area contributed by atoms with Gasteiger partial charge in [0.1, 0.15) is 5.82 Å². The molecule has 1 aliphatic heterocycles. The molecule has 2 N–H and O–H groups in total. The van der Waals surface area contributed by atoms with E-state index in [4.69, 9.17) is 4.74 Å². The van der Waals surface area contributed by atoms with Gasteiger partial charge in [-0.15, -0.1) is 5.10 Å². The van der Waals surface area contributed by atoms with Crippen LogP contribution in [-0.2, 0) is 4.74 Å². The van der Waals surface area contributed by atoms with Crippen molar-refractivity contribution in [1.29, 1.82) is 0 Å². The minimum absolute atomic E-state index is 0.233. The fourth-order valence-electron chi connectivity index (χ4n) is 3.77. The topological polar surface area (TPSA) is 97.2 Å². The molecule has 5 rings (SSSR count). The van der Waals surface area contributed by atoms with Crippen molar-refractivity contribution in [2.24, 2.45) is 5.92 Å². The Hall–Kier alpha value is -3.53. The van der Waals surface area contributed by atoms with E-state index in [1.165, 1.54) is 16.8 Å². The number of anilines is 3. The van der Waals surface area contributed by atoms with E-state index in [1.54, 1.807) is 12.4 Å². The maximum atomic E-state index is 14.3. The Labute approximate surface area is 190 Å². The van der Waals surface area contributed by atoms with E-state index in [0.29, 0.717) is 42.7 Å². The molecular weight excluding hydrogens is 425 g/mol. The number of nitrogens with one attached hydrogen (secondary N) is 2. The lowest BCUT2D eigenvalue weighted by molar-refractivity contribution is 0.0946. The van der Waals surface area contributed by atoms with Gasteiger partial charge in [-0.2, -0.15) is 0 Å². The third-order valence-electron chi connectivity index (χ3n) is 5.83. The van der Waals surface area contributed by atoms with E-state index < -0.39 is 0 Å². The molecule has 1 aliphatic carbocycles. The highest BCUT2D eigenvalue weighted by Crippen LogP contribution is 2.28. The van der Waals surface area contributed by atoms with Crippen molar-refractivity contribution in [2.75, 3.05) is 43.1 Å². The monoisotopic (exact) mass is 451 g/mol. The van der Waals surface area contributed by atoms with Gasteiger partial charge in [0.05, 0.1) is 42.7 Å². The van der Waals surface area contributed by atoms with Crippen LogP contribution in [-0.4, -0.2) is 58.7 Å². The third kappa shape index (κ3) is 5.11. The van der Waals surface area contributed by atoms with Crippen LogP contribution in [0, 0.1) is 18.7 Å². The SMILES string of the molecule is Cc1ncc(Nc2cc(F)cc(N3CCOCC3)c2)cc1-n1cc(C(=O)NCC2CC2)nn1. The molecule has 0 bridgehead atoms. The zero-order valence-corrected chi connectivity index (χ0v) is 18.4. The van der Waals surface area contributed by atoms with Crippen LogP contribution in [0.3, 0.4) is 0 Å². The molecule has 3 heterocycles. The smallest absolute Gasteiger partial charge is 0.273 e. The largest absolute Gasteiger partial charge is 0.378 e. The molecule has 0 atom stereocenters. The number of carbonyl (C=O) groups is 1. The van der Waals surface area contributed by atoms with Crippen molar-refractivity contribution in [3.8, 4) is 5.69 Å². The summed E-state index contributed by atoms with van der Waals surface area (Å²) < 4.78 is 21.2. The Bertz CT molecular complexity index is 1160. The molecule has 1 aromatic carbocycles. The second kappa shape index (κ2) is 9.14. The molecule has 2 aromatic heterocycles. The van der Waals surface area contributed by atoms with E-state index in [1.807, 2.05) is 19.1 Å². The molecule has 0 unspecified atom stereocenters. The highest BCUT2D eigenvalue weighted by atomic mass is 19.1. The number of aromatic nitrogens is 4. The van der Waals surface area contributed by atoms with Crippen molar-refractivity contribution in [3.63, 3.8) is 0 Å². The second-order valence-corrected chi connectivity index (χ2v) is 8.45. The fourth-order valence-corrected chi connectivity index (χ4v) is 3.77. The first kappa shape index (κ1) is 21.3. The van der Waals surface area contributed by atoms with E-state index in [2.05, 4.69) is 30.8 Å².